The second-order valence-corrected chi connectivity index (χ2v) is 5.63. The van der Waals surface area contributed by atoms with Crippen LogP contribution >= 0.6 is 0 Å². The van der Waals surface area contributed by atoms with Crippen molar-refractivity contribution >= 4 is 33.5 Å². The minimum absolute atomic E-state index is 0. The minimum atomic E-state index is -1.13. The van der Waals surface area contributed by atoms with Crippen molar-refractivity contribution in [3.05, 3.63) is 96.1 Å². The Morgan fingerprint density at radius 1 is 0.519 bits per heavy atom. The van der Waals surface area contributed by atoms with Gasteiger partial charge in [-0.25, -0.2) is 0 Å². The van der Waals surface area contributed by atoms with Crippen molar-refractivity contribution in [2.24, 2.45) is 0 Å². The topological polar surface area (TPSA) is 80.3 Å². The summed E-state index contributed by atoms with van der Waals surface area (Å²) in [5, 5.41) is 24.7. The van der Waals surface area contributed by atoms with Crippen molar-refractivity contribution in [3.8, 4) is 0 Å². The van der Waals surface area contributed by atoms with Crippen LogP contribution < -0.4 is 10.2 Å². The maximum Gasteiger partial charge on any atom is 2.00 e. The normalized spacial score (nSPS) is 9.78. The van der Waals surface area contributed by atoms with Crippen LogP contribution in [-0.2, 0) is 20.4 Å². The van der Waals surface area contributed by atoms with Crippen molar-refractivity contribution in [1.29, 1.82) is 0 Å². The molecule has 0 bridgehead atoms. The van der Waals surface area contributed by atoms with Crippen LogP contribution in [0.5, 0.6) is 0 Å². The summed E-state index contributed by atoms with van der Waals surface area (Å²) in [7, 11) is 0. The summed E-state index contributed by atoms with van der Waals surface area (Å²) < 4.78 is 0. The molecule has 4 nitrogen and oxygen atoms in total. The number of benzene rings is 4. The zero-order chi connectivity index (χ0) is 18.5. The van der Waals surface area contributed by atoms with Gasteiger partial charge in [0.1, 0.15) is 0 Å². The van der Waals surface area contributed by atoms with Crippen molar-refractivity contribution in [2.75, 3.05) is 0 Å². The van der Waals surface area contributed by atoms with Gasteiger partial charge in [-0.3, -0.25) is 0 Å². The first-order chi connectivity index (χ1) is 12.6. The van der Waals surface area contributed by atoms with Gasteiger partial charge < -0.3 is 19.8 Å². The van der Waals surface area contributed by atoms with Gasteiger partial charge in [0.25, 0.3) is 0 Å². The third-order valence-electron chi connectivity index (χ3n) is 4.02. The quantitative estimate of drug-likeness (QED) is 0.441. The molecule has 0 amide bonds. The summed E-state index contributed by atoms with van der Waals surface area (Å²) in [4.78, 5) is 21.4. The van der Waals surface area contributed by atoms with Crippen LogP contribution in [0.4, 0.5) is 0 Å². The molecule has 4 aromatic rings. The number of fused-ring (bicyclic) bond motifs is 2. The Morgan fingerprint density at radius 2 is 0.852 bits per heavy atom. The molecule has 0 aromatic heterocycles. The number of hydrogen-bond acceptors (Lipinski definition) is 4. The second kappa shape index (κ2) is 9.09. The largest absolute Gasteiger partial charge is 2.00 e. The van der Waals surface area contributed by atoms with Crippen LogP contribution in [-0.4, -0.2) is 11.9 Å². The van der Waals surface area contributed by atoms with Crippen molar-refractivity contribution in [3.63, 3.8) is 0 Å². The summed E-state index contributed by atoms with van der Waals surface area (Å²) in [6.45, 7) is 0. The molecule has 0 spiro atoms. The number of carbonyl (C=O) groups is 2. The van der Waals surface area contributed by atoms with Crippen molar-refractivity contribution < 1.29 is 40.2 Å². The van der Waals surface area contributed by atoms with Gasteiger partial charge in [0.2, 0.25) is 0 Å². The van der Waals surface area contributed by atoms with Crippen LogP contribution in [0.15, 0.2) is 84.9 Å². The Hall–Kier alpha value is -3.00. The predicted octanol–water partition coefficient (Wildman–Crippen LogP) is 2.40. The molecular weight excluding hydrogens is 435 g/mol. The predicted molar refractivity (Wildman–Crippen MR) is 96.6 cm³/mol. The van der Waals surface area contributed by atoms with Gasteiger partial charge in [-0.15, -0.1) is 0 Å². The molecule has 0 saturated heterocycles. The van der Waals surface area contributed by atoms with Crippen LogP contribution in [0.1, 0.15) is 20.7 Å². The summed E-state index contributed by atoms with van der Waals surface area (Å²) in [6, 6.07) is 25.0. The maximum absolute atomic E-state index is 10.7. The van der Waals surface area contributed by atoms with E-state index < -0.39 is 11.9 Å². The molecule has 5 heteroatoms. The first-order valence-electron chi connectivity index (χ1n) is 7.96. The molecule has 0 atom stereocenters. The fourth-order valence-corrected chi connectivity index (χ4v) is 2.81. The Labute approximate surface area is 169 Å². The molecule has 0 heterocycles. The summed E-state index contributed by atoms with van der Waals surface area (Å²) in [5.41, 5.74) is 0.496. The smallest absolute Gasteiger partial charge is 0.545 e. The van der Waals surface area contributed by atoms with E-state index in [-0.39, 0.29) is 31.5 Å². The molecule has 4 aromatic carbocycles. The molecule has 0 saturated carbocycles. The average molecular weight is 449 g/mol. The number of rotatable bonds is 2. The molecule has 0 fully saturated rings. The molecule has 136 valence electrons. The SMILES string of the molecule is O=C([O-])c1cccc2ccccc12.O=C([O-])c1cccc2ccccc12.[Pd+2]. The molecule has 27 heavy (non-hydrogen) atoms. The Kier molecular flexibility index (Phi) is 6.84. The third kappa shape index (κ3) is 4.59. The van der Waals surface area contributed by atoms with Gasteiger partial charge in [0.15, 0.2) is 0 Å². The van der Waals surface area contributed by atoms with E-state index in [2.05, 4.69) is 0 Å². The van der Waals surface area contributed by atoms with E-state index in [4.69, 9.17) is 0 Å². The van der Waals surface area contributed by atoms with E-state index in [1.165, 1.54) is 0 Å². The molecular formula is C22H14O4Pd. The van der Waals surface area contributed by atoms with Gasteiger partial charge in [0, 0.05) is 11.1 Å². The van der Waals surface area contributed by atoms with Crippen LogP contribution in [0.2, 0.25) is 0 Å². The summed E-state index contributed by atoms with van der Waals surface area (Å²) >= 11 is 0. The fourth-order valence-electron chi connectivity index (χ4n) is 2.81. The van der Waals surface area contributed by atoms with E-state index in [9.17, 15) is 19.8 Å². The number of carboxylic acid groups (broad SMARTS) is 2. The summed E-state index contributed by atoms with van der Waals surface area (Å²) in [5.74, 6) is -2.26. The number of carbonyl (C=O) groups excluding carboxylic acids is 2. The first-order valence-corrected chi connectivity index (χ1v) is 7.96. The zero-order valence-electron chi connectivity index (χ0n) is 14.0. The van der Waals surface area contributed by atoms with Gasteiger partial charge >= 0.3 is 20.4 Å². The van der Waals surface area contributed by atoms with E-state index in [1.807, 2.05) is 48.5 Å². The van der Waals surface area contributed by atoms with E-state index in [0.29, 0.717) is 0 Å². The summed E-state index contributed by atoms with van der Waals surface area (Å²) in [6.07, 6.45) is 0. The molecule has 0 aliphatic rings. The van der Waals surface area contributed by atoms with E-state index >= 15 is 0 Å². The number of hydrogen-bond donors (Lipinski definition) is 0. The molecule has 0 aliphatic carbocycles. The third-order valence-corrected chi connectivity index (χ3v) is 4.02. The molecule has 0 N–H and O–H groups in total. The molecule has 0 unspecified atom stereocenters. The molecule has 0 aliphatic heterocycles. The van der Waals surface area contributed by atoms with E-state index in [1.54, 1.807) is 36.4 Å². The van der Waals surface area contributed by atoms with Crippen LogP contribution in [0.3, 0.4) is 0 Å². The van der Waals surface area contributed by atoms with Gasteiger partial charge in [-0.2, -0.15) is 0 Å². The zero-order valence-corrected chi connectivity index (χ0v) is 15.6. The van der Waals surface area contributed by atoms with E-state index in [0.717, 1.165) is 21.5 Å². The number of aromatic carboxylic acids is 2. The van der Waals surface area contributed by atoms with Crippen molar-refractivity contribution in [1.82, 2.24) is 0 Å². The Bertz CT molecular complexity index is 1010. The van der Waals surface area contributed by atoms with Crippen LogP contribution in [0.25, 0.3) is 21.5 Å². The molecule has 4 rings (SSSR count). The maximum atomic E-state index is 10.7. The Morgan fingerprint density at radius 3 is 1.22 bits per heavy atom. The minimum Gasteiger partial charge on any atom is -0.545 e. The van der Waals surface area contributed by atoms with Gasteiger partial charge in [0.05, 0.1) is 11.9 Å². The second-order valence-electron chi connectivity index (χ2n) is 5.63. The monoisotopic (exact) mass is 448 g/mol. The van der Waals surface area contributed by atoms with Gasteiger partial charge in [-0.05, 0) is 21.5 Å². The van der Waals surface area contributed by atoms with Crippen LogP contribution in [0, 0.1) is 0 Å². The van der Waals surface area contributed by atoms with Crippen molar-refractivity contribution in [2.45, 2.75) is 0 Å². The first kappa shape index (κ1) is 20.3. The Balaban J connectivity index is 0.000000187. The average Bonchev–Trinajstić information content (AvgIpc) is 2.67. The standard InChI is InChI=1S/2C11H8O2.Pd/c2*12-11(13)10-7-3-5-8-4-1-2-6-9(8)10;/h2*1-7H,(H,12,13);/q;;+2/p-2. The fraction of sp³-hybridized carbons (Fsp3) is 0. The molecule has 0 radical (unpaired) electrons. The number of carboxylic acids is 2. The van der Waals surface area contributed by atoms with Gasteiger partial charge in [-0.1, -0.05) is 84.9 Å².